The molecule has 1 aliphatic heterocycles. The maximum absolute atomic E-state index is 14.4. The maximum Gasteiger partial charge on any atom is 0.279 e. The minimum absolute atomic E-state index is 0.0188. The summed E-state index contributed by atoms with van der Waals surface area (Å²) in [6.07, 6.45) is 4.78. The van der Waals surface area contributed by atoms with Crippen LogP contribution in [0.1, 0.15) is 48.5 Å². The summed E-state index contributed by atoms with van der Waals surface area (Å²) < 4.78 is 0.116. The Bertz CT molecular complexity index is 1070. The SMILES string of the molecule is O=C(NC(c1ccccc1)c1ccccc1)C1CC2CCCC2[N+]1([O-])Cc1cccc[n+]1[O-]. The number of hydrogen-bond donors (Lipinski definition) is 1. The van der Waals surface area contributed by atoms with E-state index < -0.39 is 10.7 Å². The molecule has 4 unspecified atom stereocenters. The highest BCUT2D eigenvalue weighted by molar-refractivity contribution is 5.82. The molecular weight excluding hydrogens is 414 g/mol. The third kappa shape index (κ3) is 4.12. The van der Waals surface area contributed by atoms with Gasteiger partial charge in [-0.25, -0.2) is 0 Å². The molecule has 4 atom stereocenters. The Morgan fingerprint density at radius 3 is 2.24 bits per heavy atom. The van der Waals surface area contributed by atoms with Crippen molar-refractivity contribution in [2.75, 3.05) is 0 Å². The van der Waals surface area contributed by atoms with E-state index in [1.54, 1.807) is 18.2 Å². The molecular formula is C27H29N3O3. The number of hydroxylamine groups is 3. The number of pyridine rings is 1. The summed E-state index contributed by atoms with van der Waals surface area (Å²) in [6, 6.07) is 23.6. The normalized spacial score (nSPS) is 26.3. The van der Waals surface area contributed by atoms with E-state index in [0.29, 0.717) is 12.1 Å². The monoisotopic (exact) mass is 443 g/mol. The van der Waals surface area contributed by atoms with E-state index in [1.807, 2.05) is 60.7 Å². The van der Waals surface area contributed by atoms with Gasteiger partial charge in [-0.2, -0.15) is 4.73 Å². The fraction of sp³-hybridized carbons (Fsp3) is 0.333. The molecule has 1 aromatic heterocycles. The number of fused-ring (bicyclic) bond motifs is 1. The predicted octanol–water partition coefficient (Wildman–Crippen LogP) is 3.98. The van der Waals surface area contributed by atoms with Gasteiger partial charge in [0.2, 0.25) is 5.69 Å². The minimum atomic E-state index is -0.726. The second-order valence-electron chi connectivity index (χ2n) is 9.30. The molecule has 1 amide bonds. The number of amides is 1. The van der Waals surface area contributed by atoms with Crippen LogP contribution in [0.5, 0.6) is 0 Å². The third-order valence-corrected chi connectivity index (χ3v) is 7.40. The van der Waals surface area contributed by atoms with Crippen LogP contribution in [0.4, 0.5) is 0 Å². The second-order valence-corrected chi connectivity index (χ2v) is 9.30. The van der Waals surface area contributed by atoms with Gasteiger partial charge < -0.3 is 20.4 Å². The van der Waals surface area contributed by atoms with Crippen LogP contribution >= 0.6 is 0 Å². The fourth-order valence-electron chi connectivity index (χ4n) is 5.82. The number of nitrogens with one attached hydrogen (secondary N) is 1. The number of hydrogen-bond acceptors (Lipinski definition) is 3. The van der Waals surface area contributed by atoms with Crippen molar-refractivity contribution in [3.8, 4) is 0 Å². The fourth-order valence-corrected chi connectivity index (χ4v) is 5.82. The Labute approximate surface area is 194 Å². The summed E-state index contributed by atoms with van der Waals surface area (Å²) in [5.41, 5.74) is 2.36. The number of likely N-dealkylation sites (tertiary alicyclic amines) is 1. The first-order chi connectivity index (χ1) is 16.1. The van der Waals surface area contributed by atoms with Crippen LogP contribution in [0.25, 0.3) is 0 Å². The molecule has 6 nitrogen and oxygen atoms in total. The van der Waals surface area contributed by atoms with Gasteiger partial charge in [-0.05, 0) is 30.0 Å². The van der Waals surface area contributed by atoms with Crippen LogP contribution in [-0.2, 0) is 11.3 Å². The average Bonchev–Trinajstić information content (AvgIpc) is 3.42. The summed E-state index contributed by atoms with van der Waals surface area (Å²) in [4.78, 5) is 13.7. The molecule has 6 heteroatoms. The van der Waals surface area contributed by atoms with Crippen molar-refractivity contribution in [2.45, 2.75) is 50.4 Å². The summed E-state index contributed by atoms with van der Waals surface area (Å²) in [5.74, 6) is -0.000508. The van der Waals surface area contributed by atoms with Crippen LogP contribution < -0.4 is 10.0 Å². The van der Waals surface area contributed by atoms with Crippen LogP contribution in [0, 0.1) is 16.3 Å². The van der Waals surface area contributed by atoms with E-state index in [9.17, 15) is 15.2 Å². The van der Waals surface area contributed by atoms with Crippen molar-refractivity contribution in [3.05, 3.63) is 112 Å². The number of nitrogens with zero attached hydrogens (tertiary/aromatic N) is 2. The molecule has 0 spiro atoms. The lowest BCUT2D eigenvalue weighted by molar-refractivity contribution is -0.927. The summed E-state index contributed by atoms with van der Waals surface area (Å²) in [6.45, 7) is 0.0188. The number of carbonyl (C=O) groups excluding carboxylic acids is 1. The van der Waals surface area contributed by atoms with E-state index >= 15 is 0 Å². The molecule has 5 rings (SSSR count). The van der Waals surface area contributed by atoms with Gasteiger partial charge in [-0.1, -0.05) is 60.7 Å². The zero-order valence-corrected chi connectivity index (χ0v) is 18.5. The topological polar surface area (TPSA) is 79.1 Å². The highest BCUT2D eigenvalue weighted by atomic mass is 16.6. The standard InChI is InChI=1S/C27H29N3O3/c31-27(28-26(20-10-3-1-4-11-20)21-12-5-2-6-13-21)25-18-22-14-9-16-24(22)30(25,33)19-23-15-7-8-17-29(23)32/h1-8,10-13,15,17,22,24-26H,9,14,16,18-19H2,(H,28,31). The summed E-state index contributed by atoms with van der Waals surface area (Å²) >= 11 is 0. The van der Waals surface area contributed by atoms with Gasteiger partial charge in [0.15, 0.2) is 18.8 Å². The maximum atomic E-state index is 14.4. The van der Waals surface area contributed by atoms with Crippen molar-refractivity contribution >= 4 is 5.91 Å². The lowest BCUT2D eigenvalue weighted by Crippen LogP contribution is -2.58. The predicted molar refractivity (Wildman–Crippen MR) is 125 cm³/mol. The smallest absolute Gasteiger partial charge is 0.279 e. The molecule has 1 saturated heterocycles. The minimum Gasteiger partial charge on any atom is -0.632 e. The molecule has 1 aliphatic carbocycles. The number of aromatic nitrogens is 1. The van der Waals surface area contributed by atoms with E-state index in [2.05, 4.69) is 5.32 Å². The Balaban J connectivity index is 1.46. The lowest BCUT2D eigenvalue weighted by Gasteiger charge is -2.47. The number of rotatable bonds is 6. The Morgan fingerprint density at radius 1 is 0.970 bits per heavy atom. The number of benzene rings is 2. The van der Waals surface area contributed by atoms with Crippen molar-refractivity contribution < 1.29 is 14.2 Å². The second kappa shape index (κ2) is 8.96. The van der Waals surface area contributed by atoms with Gasteiger partial charge in [0.1, 0.15) is 0 Å². The van der Waals surface area contributed by atoms with Crippen molar-refractivity contribution in [3.63, 3.8) is 0 Å². The number of carbonyl (C=O) groups is 1. The van der Waals surface area contributed by atoms with Gasteiger partial charge >= 0.3 is 0 Å². The Hall–Kier alpha value is -3.22. The molecule has 0 radical (unpaired) electrons. The molecule has 2 aliphatic rings. The van der Waals surface area contributed by atoms with Gasteiger partial charge in [0, 0.05) is 30.9 Å². The van der Waals surface area contributed by atoms with E-state index in [4.69, 9.17) is 0 Å². The van der Waals surface area contributed by atoms with Gasteiger partial charge in [-0.3, -0.25) is 4.79 Å². The van der Waals surface area contributed by atoms with E-state index in [0.717, 1.165) is 35.1 Å². The van der Waals surface area contributed by atoms with Crippen molar-refractivity contribution in [1.29, 1.82) is 0 Å². The van der Waals surface area contributed by atoms with E-state index in [1.165, 1.54) is 6.20 Å². The van der Waals surface area contributed by atoms with Crippen molar-refractivity contribution in [2.24, 2.45) is 5.92 Å². The van der Waals surface area contributed by atoms with Crippen molar-refractivity contribution in [1.82, 2.24) is 5.32 Å². The Kier molecular flexibility index (Phi) is 5.87. The molecule has 3 aromatic rings. The van der Waals surface area contributed by atoms with Gasteiger partial charge in [-0.15, -0.1) is 0 Å². The zero-order valence-electron chi connectivity index (χ0n) is 18.5. The first kappa shape index (κ1) is 21.6. The largest absolute Gasteiger partial charge is 0.632 e. The third-order valence-electron chi connectivity index (χ3n) is 7.40. The molecule has 0 bridgehead atoms. The first-order valence-electron chi connectivity index (χ1n) is 11.7. The Morgan fingerprint density at radius 2 is 1.61 bits per heavy atom. The lowest BCUT2D eigenvalue weighted by atomic mass is 9.97. The molecule has 1 saturated carbocycles. The molecule has 1 N–H and O–H groups in total. The zero-order chi connectivity index (χ0) is 22.8. The highest BCUT2D eigenvalue weighted by Crippen LogP contribution is 2.47. The van der Waals surface area contributed by atoms with Gasteiger partial charge in [0.25, 0.3) is 5.91 Å². The molecule has 2 heterocycles. The molecule has 2 aromatic carbocycles. The van der Waals surface area contributed by atoms with Crippen LogP contribution in [0.3, 0.4) is 0 Å². The highest BCUT2D eigenvalue weighted by Gasteiger charge is 2.55. The van der Waals surface area contributed by atoms with Crippen LogP contribution in [0.15, 0.2) is 85.1 Å². The molecule has 170 valence electrons. The van der Waals surface area contributed by atoms with E-state index in [-0.39, 0.29) is 30.5 Å². The van der Waals surface area contributed by atoms with Crippen LogP contribution in [-0.4, -0.2) is 22.6 Å². The summed E-state index contributed by atoms with van der Waals surface area (Å²) in [7, 11) is 0. The summed E-state index contributed by atoms with van der Waals surface area (Å²) in [5, 5.41) is 29.9. The molecule has 33 heavy (non-hydrogen) atoms. The first-order valence-corrected chi connectivity index (χ1v) is 11.7. The molecule has 2 fully saturated rings. The quantitative estimate of drug-likeness (QED) is 0.356. The average molecular weight is 444 g/mol. The number of quaternary nitrogens is 1. The van der Waals surface area contributed by atoms with Crippen LogP contribution in [0.2, 0.25) is 0 Å². The van der Waals surface area contributed by atoms with Gasteiger partial charge in [0.05, 0.1) is 12.1 Å².